The third-order valence-electron chi connectivity index (χ3n) is 4.08. The molecule has 118 valence electrons. The van der Waals surface area contributed by atoms with E-state index >= 15 is 0 Å². The summed E-state index contributed by atoms with van der Waals surface area (Å²) in [6, 6.07) is 0. The summed E-state index contributed by atoms with van der Waals surface area (Å²) >= 11 is 0. The molecule has 2 N–H and O–H groups in total. The quantitative estimate of drug-likeness (QED) is 0.704. The Balaban J connectivity index is 1.81. The largest absolute Gasteiger partial charge is 0.381 e. The van der Waals surface area contributed by atoms with Crippen molar-refractivity contribution in [2.24, 2.45) is 11.8 Å². The van der Waals surface area contributed by atoms with Crippen LogP contribution in [0.2, 0.25) is 0 Å². The van der Waals surface area contributed by atoms with Crippen molar-refractivity contribution in [1.82, 2.24) is 14.3 Å². The van der Waals surface area contributed by atoms with E-state index in [4.69, 9.17) is 4.74 Å². The molecule has 2 fully saturated rings. The summed E-state index contributed by atoms with van der Waals surface area (Å²) in [5.74, 6) is 0.752. The first-order valence-electron chi connectivity index (χ1n) is 7.65. The Hall–Kier alpha value is -0.210. The van der Waals surface area contributed by atoms with Crippen LogP contribution in [0.1, 0.15) is 26.2 Å². The standard InChI is InChI=1S/C13H27N3O3S/c1-2-14-8-12-4-3-6-16(10-12)20(17,18)15-9-13-5-7-19-11-13/h12-15H,2-11H2,1H3. The molecule has 2 atom stereocenters. The van der Waals surface area contributed by atoms with Crippen molar-refractivity contribution in [3.63, 3.8) is 0 Å². The molecular formula is C13H27N3O3S. The van der Waals surface area contributed by atoms with Crippen molar-refractivity contribution >= 4 is 10.2 Å². The second-order valence-electron chi connectivity index (χ2n) is 5.76. The average Bonchev–Trinajstić information content (AvgIpc) is 2.97. The summed E-state index contributed by atoms with van der Waals surface area (Å²) in [5.41, 5.74) is 0. The highest BCUT2D eigenvalue weighted by Crippen LogP contribution is 2.18. The number of hydrogen-bond acceptors (Lipinski definition) is 4. The minimum absolute atomic E-state index is 0.326. The molecule has 2 aliphatic rings. The highest BCUT2D eigenvalue weighted by atomic mass is 32.2. The van der Waals surface area contributed by atoms with Crippen LogP contribution in [0.25, 0.3) is 0 Å². The van der Waals surface area contributed by atoms with E-state index in [9.17, 15) is 8.42 Å². The van der Waals surface area contributed by atoms with Crippen LogP contribution in [-0.4, -0.2) is 58.7 Å². The molecule has 0 spiro atoms. The maximum absolute atomic E-state index is 12.3. The second kappa shape index (κ2) is 7.70. The van der Waals surface area contributed by atoms with Gasteiger partial charge in [-0.25, -0.2) is 4.72 Å². The molecule has 6 nitrogen and oxygen atoms in total. The summed E-state index contributed by atoms with van der Waals surface area (Å²) in [6.45, 7) is 7.09. The fraction of sp³-hybridized carbons (Fsp3) is 1.00. The molecule has 0 saturated carbocycles. The van der Waals surface area contributed by atoms with Crippen LogP contribution < -0.4 is 10.0 Å². The van der Waals surface area contributed by atoms with Gasteiger partial charge in [0.05, 0.1) is 6.61 Å². The first-order chi connectivity index (χ1) is 9.62. The van der Waals surface area contributed by atoms with Gasteiger partial charge in [0.2, 0.25) is 0 Å². The Bertz CT molecular complexity index is 382. The Kier molecular flexibility index (Phi) is 6.22. The number of nitrogens with zero attached hydrogens (tertiary/aromatic N) is 1. The summed E-state index contributed by atoms with van der Waals surface area (Å²) in [5, 5.41) is 3.31. The zero-order valence-electron chi connectivity index (χ0n) is 12.3. The first-order valence-corrected chi connectivity index (χ1v) is 9.09. The van der Waals surface area contributed by atoms with E-state index in [1.807, 2.05) is 0 Å². The summed E-state index contributed by atoms with van der Waals surface area (Å²) in [7, 11) is -3.33. The van der Waals surface area contributed by atoms with Gasteiger partial charge in [-0.3, -0.25) is 0 Å². The van der Waals surface area contributed by atoms with Crippen molar-refractivity contribution in [3.8, 4) is 0 Å². The lowest BCUT2D eigenvalue weighted by molar-refractivity contribution is 0.186. The van der Waals surface area contributed by atoms with Crippen molar-refractivity contribution < 1.29 is 13.2 Å². The molecule has 0 aromatic rings. The Labute approximate surface area is 122 Å². The number of ether oxygens (including phenoxy) is 1. The minimum Gasteiger partial charge on any atom is -0.381 e. The third-order valence-corrected chi connectivity index (χ3v) is 5.63. The fourth-order valence-electron chi connectivity index (χ4n) is 2.82. The number of piperidine rings is 1. The van der Waals surface area contributed by atoms with E-state index < -0.39 is 10.2 Å². The zero-order chi connectivity index (χ0) is 14.4. The van der Waals surface area contributed by atoms with Gasteiger partial charge < -0.3 is 10.1 Å². The van der Waals surface area contributed by atoms with Gasteiger partial charge in [-0.15, -0.1) is 0 Å². The molecule has 0 aliphatic carbocycles. The summed E-state index contributed by atoms with van der Waals surface area (Å²) in [4.78, 5) is 0. The molecule has 0 bridgehead atoms. The van der Waals surface area contributed by atoms with Crippen LogP contribution in [0.15, 0.2) is 0 Å². The molecule has 0 aromatic carbocycles. The number of rotatable bonds is 7. The number of nitrogens with one attached hydrogen (secondary N) is 2. The van der Waals surface area contributed by atoms with Crippen LogP contribution in [0, 0.1) is 11.8 Å². The predicted octanol–water partition coefficient (Wildman–Crippen LogP) is 0.179. The maximum Gasteiger partial charge on any atom is 0.279 e. The van der Waals surface area contributed by atoms with E-state index in [1.54, 1.807) is 4.31 Å². The Morgan fingerprint density at radius 3 is 2.80 bits per heavy atom. The zero-order valence-corrected chi connectivity index (χ0v) is 13.1. The molecule has 0 radical (unpaired) electrons. The molecule has 20 heavy (non-hydrogen) atoms. The minimum atomic E-state index is -3.33. The Morgan fingerprint density at radius 1 is 1.25 bits per heavy atom. The normalized spacial score (nSPS) is 28.9. The third kappa shape index (κ3) is 4.66. The van der Waals surface area contributed by atoms with Crippen molar-refractivity contribution in [3.05, 3.63) is 0 Å². The monoisotopic (exact) mass is 305 g/mol. The van der Waals surface area contributed by atoms with E-state index in [-0.39, 0.29) is 0 Å². The molecule has 2 heterocycles. The lowest BCUT2D eigenvalue weighted by Gasteiger charge is -2.32. The summed E-state index contributed by atoms with van der Waals surface area (Å²) in [6.07, 6.45) is 3.00. The highest BCUT2D eigenvalue weighted by molar-refractivity contribution is 7.87. The molecule has 0 amide bonds. The van der Waals surface area contributed by atoms with Crippen LogP contribution in [0.3, 0.4) is 0 Å². The van der Waals surface area contributed by atoms with E-state index in [2.05, 4.69) is 17.0 Å². The molecule has 2 saturated heterocycles. The molecule has 2 unspecified atom stereocenters. The maximum atomic E-state index is 12.3. The van der Waals surface area contributed by atoms with Gasteiger partial charge in [0.25, 0.3) is 10.2 Å². The van der Waals surface area contributed by atoms with Gasteiger partial charge in [-0.2, -0.15) is 12.7 Å². The topological polar surface area (TPSA) is 70.7 Å². The van der Waals surface area contributed by atoms with E-state index in [0.717, 1.165) is 39.0 Å². The highest BCUT2D eigenvalue weighted by Gasteiger charge is 2.29. The van der Waals surface area contributed by atoms with E-state index in [0.29, 0.717) is 38.1 Å². The van der Waals surface area contributed by atoms with Crippen molar-refractivity contribution in [2.45, 2.75) is 26.2 Å². The van der Waals surface area contributed by atoms with Crippen LogP contribution in [0.4, 0.5) is 0 Å². The van der Waals surface area contributed by atoms with Gasteiger partial charge >= 0.3 is 0 Å². The average molecular weight is 305 g/mol. The SMILES string of the molecule is CCNCC1CCCN(S(=O)(=O)NCC2CCOC2)C1. The fourth-order valence-corrected chi connectivity index (χ4v) is 4.22. The van der Waals surface area contributed by atoms with Crippen LogP contribution >= 0.6 is 0 Å². The van der Waals surface area contributed by atoms with Gasteiger partial charge in [0.15, 0.2) is 0 Å². The van der Waals surface area contributed by atoms with Crippen LogP contribution in [-0.2, 0) is 14.9 Å². The van der Waals surface area contributed by atoms with Gasteiger partial charge in [0, 0.05) is 26.2 Å². The predicted molar refractivity (Wildman–Crippen MR) is 78.7 cm³/mol. The van der Waals surface area contributed by atoms with Crippen LogP contribution in [0.5, 0.6) is 0 Å². The first kappa shape index (κ1) is 16.2. The van der Waals surface area contributed by atoms with E-state index in [1.165, 1.54) is 0 Å². The van der Waals surface area contributed by atoms with Gasteiger partial charge in [-0.05, 0) is 44.2 Å². The smallest absolute Gasteiger partial charge is 0.279 e. The molecule has 2 aliphatic heterocycles. The number of hydrogen-bond donors (Lipinski definition) is 2. The summed E-state index contributed by atoms with van der Waals surface area (Å²) < 4.78 is 34.3. The molecule has 0 aromatic heterocycles. The lowest BCUT2D eigenvalue weighted by atomic mass is 10.00. The molecule has 2 rings (SSSR count). The lowest BCUT2D eigenvalue weighted by Crippen LogP contribution is -2.48. The van der Waals surface area contributed by atoms with Gasteiger partial charge in [0.1, 0.15) is 0 Å². The Morgan fingerprint density at radius 2 is 2.10 bits per heavy atom. The van der Waals surface area contributed by atoms with Crippen molar-refractivity contribution in [2.75, 3.05) is 45.9 Å². The second-order valence-corrected chi connectivity index (χ2v) is 7.51. The molecular weight excluding hydrogens is 278 g/mol. The van der Waals surface area contributed by atoms with Gasteiger partial charge in [-0.1, -0.05) is 6.92 Å². The van der Waals surface area contributed by atoms with Crippen molar-refractivity contribution in [1.29, 1.82) is 0 Å². The molecule has 7 heteroatoms.